The summed E-state index contributed by atoms with van der Waals surface area (Å²) in [6.45, 7) is 4.13. The second-order valence-corrected chi connectivity index (χ2v) is 2.36. The van der Waals surface area contributed by atoms with Crippen LogP contribution in [-0.2, 0) is 0 Å². The second kappa shape index (κ2) is 4.37. The van der Waals surface area contributed by atoms with Gasteiger partial charge in [0.1, 0.15) is 0 Å². The Labute approximate surface area is 56.1 Å². The van der Waals surface area contributed by atoms with Crippen LogP contribution in [0.15, 0.2) is 0 Å². The number of rotatable bonds is 1. The number of hydrogen-bond donors (Lipinski definition) is 2. The first-order chi connectivity index (χ1) is 4.13. The molecule has 1 atom stereocenters. The molecule has 0 amide bonds. The molecule has 0 aliphatic carbocycles. The van der Waals surface area contributed by atoms with Gasteiger partial charge in [0.2, 0.25) is 0 Å². The Morgan fingerprint density at radius 3 is 2.44 bits per heavy atom. The van der Waals surface area contributed by atoms with E-state index in [-0.39, 0.29) is 0 Å². The average Bonchev–Trinajstić information content (AvgIpc) is 1.63. The summed E-state index contributed by atoms with van der Waals surface area (Å²) in [4.78, 5) is 0. The molecule has 0 bridgehead atoms. The number of nitrogens with two attached hydrogens (primary N) is 1. The van der Waals surface area contributed by atoms with Gasteiger partial charge in [-0.1, -0.05) is 25.7 Å². The Bertz CT molecular complexity index is 119. The zero-order valence-corrected chi connectivity index (χ0v) is 5.89. The standard InChI is InChI=1S/C7H13NO/c1-6(2)4-3-5-7(8)9/h6-7,9H,4,8H2,1-2H3. The molecular weight excluding hydrogens is 114 g/mol. The number of aliphatic hydroxyl groups excluding tert-OH is 1. The fourth-order valence-electron chi connectivity index (χ4n) is 0.368. The molecular formula is C7H13NO. The van der Waals surface area contributed by atoms with Gasteiger partial charge < -0.3 is 5.11 Å². The zero-order valence-electron chi connectivity index (χ0n) is 5.89. The Hall–Kier alpha value is -0.520. The van der Waals surface area contributed by atoms with E-state index in [1.807, 2.05) is 0 Å². The largest absolute Gasteiger partial charge is 0.368 e. The fraction of sp³-hybridized carbons (Fsp3) is 0.714. The SMILES string of the molecule is CC(C)CC#CC(N)O. The lowest BCUT2D eigenvalue weighted by Gasteiger charge is -1.93. The van der Waals surface area contributed by atoms with Gasteiger partial charge in [-0.2, -0.15) is 0 Å². The summed E-state index contributed by atoms with van der Waals surface area (Å²) in [5.41, 5.74) is 4.96. The molecule has 9 heavy (non-hydrogen) atoms. The van der Waals surface area contributed by atoms with E-state index < -0.39 is 6.23 Å². The van der Waals surface area contributed by atoms with Crippen molar-refractivity contribution in [3.63, 3.8) is 0 Å². The van der Waals surface area contributed by atoms with Gasteiger partial charge in [-0.05, 0) is 5.92 Å². The van der Waals surface area contributed by atoms with E-state index in [4.69, 9.17) is 10.8 Å². The van der Waals surface area contributed by atoms with Crippen molar-refractivity contribution in [2.75, 3.05) is 0 Å². The highest BCUT2D eigenvalue weighted by Gasteiger charge is 1.87. The van der Waals surface area contributed by atoms with E-state index in [0.29, 0.717) is 5.92 Å². The van der Waals surface area contributed by atoms with Crippen LogP contribution in [0.1, 0.15) is 20.3 Å². The summed E-state index contributed by atoms with van der Waals surface area (Å²) in [6.07, 6.45) is -0.169. The summed E-state index contributed by atoms with van der Waals surface area (Å²) in [7, 11) is 0. The van der Waals surface area contributed by atoms with Crippen LogP contribution in [0.4, 0.5) is 0 Å². The second-order valence-electron chi connectivity index (χ2n) is 2.36. The minimum Gasteiger partial charge on any atom is -0.368 e. The molecule has 52 valence electrons. The summed E-state index contributed by atoms with van der Waals surface area (Å²) in [5, 5.41) is 8.47. The highest BCUT2D eigenvalue weighted by Crippen LogP contribution is 1.95. The molecule has 0 radical (unpaired) electrons. The molecule has 0 fully saturated rings. The van der Waals surface area contributed by atoms with Gasteiger partial charge in [-0.3, -0.25) is 5.73 Å². The highest BCUT2D eigenvalue weighted by atomic mass is 16.3. The average molecular weight is 127 g/mol. The van der Waals surface area contributed by atoms with E-state index in [0.717, 1.165) is 6.42 Å². The molecule has 1 unspecified atom stereocenters. The van der Waals surface area contributed by atoms with Crippen molar-refractivity contribution in [3.05, 3.63) is 0 Å². The molecule has 0 saturated heterocycles. The lowest BCUT2D eigenvalue weighted by Crippen LogP contribution is -2.15. The van der Waals surface area contributed by atoms with Crippen LogP contribution < -0.4 is 5.73 Å². The van der Waals surface area contributed by atoms with Crippen LogP contribution in [0.25, 0.3) is 0 Å². The van der Waals surface area contributed by atoms with Crippen LogP contribution in [-0.4, -0.2) is 11.3 Å². The van der Waals surface area contributed by atoms with E-state index in [1.54, 1.807) is 0 Å². The van der Waals surface area contributed by atoms with Gasteiger partial charge in [-0.25, -0.2) is 0 Å². The molecule has 0 aliphatic rings. The molecule has 2 nitrogen and oxygen atoms in total. The Morgan fingerprint density at radius 2 is 2.11 bits per heavy atom. The topological polar surface area (TPSA) is 46.2 Å². The molecule has 0 heterocycles. The third-order valence-electron chi connectivity index (χ3n) is 0.760. The molecule has 2 heteroatoms. The smallest absolute Gasteiger partial charge is 0.165 e. The molecule has 0 aromatic carbocycles. The minimum absolute atomic E-state index is 0.552. The minimum atomic E-state index is -0.969. The zero-order chi connectivity index (χ0) is 7.28. The third-order valence-corrected chi connectivity index (χ3v) is 0.760. The van der Waals surface area contributed by atoms with Crippen molar-refractivity contribution < 1.29 is 5.11 Å². The Kier molecular flexibility index (Phi) is 4.12. The summed E-state index contributed by atoms with van der Waals surface area (Å²) in [6, 6.07) is 0. The normalized spacial score (nSPS) is 12.6. The van der Waals surface area contributed by atoms with Gasteiger partial charge in [0.15, 0.2) is 6.23 Å². The maximum absolute atomic E-state index is 8.47. The van der Waals surface area contributed by atoms with Gasteiger partial charge in [-0.15, -0.1) is 0 Å². The third kappa shape index (κ3) is 7.48. The molecule has 0 rings (SSSR count). The molecule has 0 spiro atoms. The van der Waals surface area contributed by atoms with Crippen molar-refractivity contribution in [2.24, 2.45) is 11.7 Å². The lowest BCUT2D eigenvalue weighted by molar-refractivity contribution is 0.241. The van der Waals surface area contributed by atoms with E-state index in [2.05, 4.69) is 25.7 Å². The van der Waals surface area contributed by atoms with Crippen molar-refractivity contribution in [1.29, 1.82) is 0 Å². The first-order valence-electron chi connectivity index (χ1n) is 3.05. The van der Waals surface area contributed by atoms with Crippen LogP contribution in [0.5, 0.6) is 0 Å². The van der Waals surface area contributed by atoms with Crippen LogP contribution in [0.3, 0.4) is 0 Å². The quantitative estimate of drug-likeness (QED) is 0.393. The van der Waals surface area contributed by atoms with Gasteiger partial charge in [0.25, 0.3) is 0 Å². The molecule has 0 aromatic rings. The number of hydrogen-bond acceptors (Lipinski definition) is 2. The maximum atomic E-state index is 8.47. The lowest BCUT2D eigenvalue weighted by atomic mass is 10.1. The highest BCUT2D eigenvalue weighted by molar-refractivity contribution is 5.02. The Balaban J connectivity index is 3.38. The van der Waals surface area contributed by atoms with Crippen LogP contribution in [0.2, 0.25) is 0 Å². The van der Waals surface area contributed by atoms with E-state index in [9.17, 15) is 0 Å². The van der Waals surface area contributed by atoms with Crippen molar-refractivity contribution in [2.45, 2.75) is 26.5 Å². The predicted molar refractivity (Wildman–Crippen MR) is 37.4 cm³/mol. The van der Waals surface area contributed by atoms with E-state index >= 15 is 0 Å². The monoisotopic (exact) mass is 127 g/mol. The first-order valence-corrected chi connectivity index (χ1v) is 3.05. The summed E-state index contributed by atoms with van der Waals surface area (Å²) in [5.74, 6) is 5.77. The maximum Gasteiger partial charge on any atom is 0.165 e. The van der Waals surface area contributed by atoms with Gasteiger partial charge in [0.05, 0.1) is 0 Å². The Morgan fingerprint density at radius 1 is 1.56 bits per heavy atom. The summed E-state index contributed by atoms with van der Waals surface area (Å²) < 4.78 is 0. The van der Waals surface area contributed by atoms with Gasteiger partial charge >= 0.3 is 0 Å². The fourth-order valence-corrected chi connectivity index (χ4v) is 0.368. The first kappa shape index (κ1) is 8.48. The van der Waals surface area contributed by atoms with Gasteiger partial charge in [0, 0.05) is 6.42 Å². The van der Waals surface area contributed by atoms with E-state index in [1.165, 1.54) is 0 Å². The molecule has 3 N–H and O–H groups in total. The summed E-state index contributed by atoms with van der Waals surface area (Å²) >= 11 is 0. The van der Waals surface area contributed by atoms with Crippen molar-refractivity contribution >= 4 is 0 Å². The molecule has 0 saturated carbocycles. The van der Waals surface area contributed by atoms with Crippen molar-refractivity contribution in [3.8, 4) is 11.8 Å². The van der Waals surface area contributed by atoms with Crippen molar-refractivity contribution in [1.82, 2.24) is 0 Å². The number of aliphatic hydroxyl groups is 1. The van der Waals surface area contributed by atoms with Crippen LogP contribution in [0, 0.1) is 17.8 Å². The van der Waals surface area contributed by atoms with Crippen LogP contribution >= 0.6 is 0 Å². The molecule has 0 aromatic heterocycles. The molecule has 0 aliphatic heterocycles. The predicted octanol–water partition coefficient (Wildman–Crippen LogP) is 0.313.